The number of carbonyl (C=O) groups excluding carboxylic acids is 2. The Bertz CT molecular complexity index is 246. The summed E-state index contributed by atoms with van der Waals surface area (Å²) in [4.78, 5) is 24.8. The molecule has 0 aromatic carbocycles. The van der Waals surface area contributed by atoms with Crippen molar-refractivity contribution in [2.24, 2.45) is 0 Å². The van der Waals surface area contributed by atoms with Crippen LogP contribution in [0.15, 0.2) is 0 Å². The average Bonchev–Trinajstić information content (AvgIpc) is 2.23. The fraction of sp³-hybridized carbons (Fsp3) is 0.800. The van der Waals surface area contributed by atoms with E-state index in [4.69, 9.17) is 0 Å². The summed E-state index contributed by atoms with van der Waals surface area (Å²) in [5, 5.41) is 2.62. The van der Waals surface area contributed by atoms with Gasteiger partial charge in [0, 0.05) is 12.3 Å². The Morgan fingerprint density at radius 1 is 1.47 bits per heavy atom. The highest BCUT2D eigenvalue weighted by Gasteiger charge is 2.32. The van der Waals surface area contributed by atoms with Crippen LogP contribution in [-0.4, -0.2) is 47.4 Å². The molecule has 1 aliphatic heterocycles. The van der Waals surface area contributed by atoms with E-state index in [-0.39, 0.29) is 24.4 Å². The van der Waals surface area contributed by atoms with Crippen molar-refractivity contribution in [1.82, 2.24) is 10.2 Å². The van der Waals surface area contributed by atoms with Crippen LogP contribution in [0.25, 0.3) is 0 Å². The number of nitrogens with one attached hydrogen (secondary N) is 1. The maximum absolute atomic E-state index is 11.6. The van der Waals surface area contributed by atoms with Crippen LogP contribution in [0.2, 0.25) is 0 Å². The van der Waals surface area contributed by atoms with Crippen molar-refractivity contribution in [3.63, 3.8) is 0 Å². The molecular formula is C10H18N2O2S. The highest BCUT2D eigenvalue weighted by atomic mass is 32.2. The normalized spacial score (nSPS) is 21.7. The average molecular weight is 230 g/mol. The first kappa shape index (κ1) is 12.4. The molecule has 0 bridgehead atoms. The van der Waals surface area contributed by atoms with Crippen molar-refractivity contribution in [2.45, 2.75) is 26.3 Å². The van der Waals surface area contributed by atoms with E-state index in [1.807, 2.05) is 6.92 Å². The molecule has 0 spiro atoms. The quantitative estimate of drug-likeness (QED) is 0.699. The molecule has 4 nitrogen and oxygen atoms in total. The van der Waals surface area contributed by atoms with E-state index < -0.39 is 0 Å². The van der Waals surface area contributed by atoms with Gasteiger partial charge < -0.3 is 10.2 Å². The molecule has 1 saturated heterocycles. The third-order valence-electron chi connectivity index (χ3n) is 2.48. The SMILES string of the molecule is CCSCCN1C(=O)CNC(=O)C1CC. The van der Waals surface area contributed by atoms with Crippen molar-refractivity contribution in [1.29, 1.82) is 0 Å². The minimum absolute atomic E-state index is 0.0152. The van der Waals surface area contributed by atoms with Crippen molar-refractivity contribution in [3.8, 4) is 0 Å². The van der Waals surface area contributed by atoms with Crippen LogP contribution in [0.3, 0.4) is 0 Å². The van der Waals surface area contributed by atoms with Gasteiger partial charge in [-0.25, -0.2) is 0 Å². The molecule has 1 unspecified atom stereocenters. The summed E-state index contributed by atoms with van der Waals surface area (Å²) in [6.45, 7) is 4.87. The lowest BCUT2D eigenvalue weighted by Crippen LogP contribution is -2.58. The Balaban J connectivity index is 2.54. The van der Waals surface area contributed by atoms with Gasteiger partial charge in [-0.2, -0.15) is 11.8 Å². The van der Waals surface area contributed by atoms with Gasteiger partial charge in [0.15, 0.2) is 0 Å². The molecule has 86 valence electrons. The van der Waals surface area contributed by atoms with Crippen LogP contribution in [0.5, 0.6) is 0 Å². The highest BCUT2D eigenvalue weighted by Crippen LogP contribution is 2.11. The molecule has 15 heavy (non-hydrogen) atoms. The molecule has 1 N–H and O–H groups in total. The summed E-state index contributed by atoms with van der Waals surface area (Å²) in [6.07, 6.45) is 0.689. The van der Waals surface area contributed by atoms with Gasteiger partial charge in [0.1, 0.15) is 6.04 Å². The molecule has 1 aliphatic rings. The Hall–Kier alpha value is -0.710. The van der Waals surface area contributed by atoms with Gasteiger partial charge in [0.25, 0.3) is 0 Å². The zero-order valence-corrected chi connectivity index (χ0v) is 10.1. The van der Waals surface area contributed by atoms with Crippen LogP contribution < -0.4 is 5.32 Å². The van der Waals surface area contributed by atoms with Crippen LogP contribution in [0.1, 0.15) is 20.3 Å². The third-order valence-corrected chi connectivity index (χ3v) is 3.36. The summed E-state index contributed by atoms with van der Waals surface area (Å²) in [7, 11) is 0. The van der Waals surface area contributed by atoms with Crippen molar-refractivity contribution < 1.29 is 9.59 Å². The van der Waals surface area contributed by atoms with E-state index in [1.165, 1.54) is 0 Å². The third kappa shape index (κ3) is 3.12. The Labute approximate surface area is 94.8 Å². The zero-order valence-electron chi connectivity index (χ0n) is 9.28. The zero-order chi connectivity index (χ0) is 11.3. The second kappa shape index (κ2) is 6.00. The molecule has 1 heterocycles. The number of amides is 2. The number of piperazine rings is 1. The van der Waals surface area contributed by atoms with Crippen molar-refractivity contribution in [3.05, 3.63) is 0 Å². The Kier molecular flexibility index (Phi) is 4.94. The lowest BCUT2D eigenvalue weighted by molar-refractivity contribution is -0.145. The Morgan fingerprint density at radius 2 is 2.20 bits per heavy atom. The molecule has 5 heteroatoms. The van der Waals surface area contributed by atoms with E-state index in [0.29, 0.717) is 13.0 Å². The van der Waals surface area contributed by atoms with Gasteiger partial charge in [-0.15, -0.1) is 0 Å². The maximum Gasteiger partial charge on any atom is 0.243 e. The van der Waals surface area contributed by atoms with Gasteiger partial charge in [0.05, 0.1) is 6.54 Å². The number of carbonyl (C=O) groups is 2. The molecule has 2 amide bonds. The van der Waals surface area contributed by atoms with E-state index in [0.717, 1.165) is 11.5 Å². The van der Waals surface area contributed by atoms with Gasteiger partial charge in [-0.05, 0) is 12.2 Å². The van der Waals surface area contributed by atoms with Gasteiger partial charge in [-0.1, -0.05) is 13.8 Å². The molecule has 0 aromatic rings. The standard InChI is InChI=1S/C10H18N2O2S/c1-3-8-10(14)11-7-9(13)12(8)5-6-15-4-2/h8H,3-7H2,1-2H3,(H,11,14). The fourth-order valence-electron chi connectivity index (χ4n) is 1.69. The molecule has 0 radical (unpaired) electrons. The molecule has 0 saturated carbocycles. The second-order valence-corrected chi connectivity index (χ2v) is 4.82. The maximum atomic E-state index is 11.6. The predicted octanol–water partition coefficient (Wildman–Crippen LogP) is 0.476. The van der Waals surface area contributed by atoms with Crippen LogP contribution in [-0.2, 0) is 9.59 Å². The summed E-state index contributed by atoms with van der Waals surface area (Å²) in [5.74, 6) is 1.98. The number of hydrogen-bond donors (Lipinski definition) is 1. The predicted molar refractivity (Wildman–Crippen MR) is 61.8 cm³/mol. The molecule has 0 aromatic heterocycles. The number of hydrogen-bond acceptors (Lipinski definition) is 3. The minimum Gasteiger partial charge on any atom is -0.345 e. The molecule has 0 aliphatic carbocycles. The first-order chi connectivity index (χ1) is 7.20. The number of thioether (sulfide) groups is 1. The molecule has 1 rings (SSSR count). The summed E-state index contributed by atoms with van der Waals surface area (Å²) >= 11 is 1.79. The summed E-state index contributed by atoms with van der Waals surface area (Å²) in [5.41, 5.74) is 0. The molecule has 1 atom stereocenters. The van der Waals surface area contributed by atoms with Gasteiger partial charge in [0.2, 0.25) is 11.8 Å². The highest BCUT2D eigenvalue weighted by molar-refractivity contribution is 7.99. The van der Waals surface area contributed by atoms with Crippen LogP contribution in [0.4, 0.5) is 0 Å². The minimum atomic E-state index is -0.260. The van der Waals surface area contributed by atoms with E-state index in [1.54, 1.807) is 16.7 Å². The fourth-order valence-corrected chi connectivity index (χ4v) is 2.31. The van der Waals surface area contributed by atoms with Gasteiger partial charge in [-0.3, -0.25) is 9.59 Å². The number of rotatable bonds is 5. The monoisotopic (exact) mass is 230 g/mol. The topological polar surface area (TPSA) is 49.4 Å². The first-order valence-electron chi connectivity index (χ1n) is 5.35. The summed E-state index contributed by atoms with van der Waals surface area (Å²) in [6, 6.07) is -0.260. The molecule has 1 fully saturated rings. The second-order valence-electron chi connectivity index (χ2n) is 3.43. The number of nitrogens with zero attached hydrogens (tertiary/aromatic N) is 1. The summed E-state index contributed by atoms with van der Waals surface area (Å²) < 4.78 is 0. The van der Waals surface area contributed by atoms with Crippen molar-refractivity contribution in [2.75, 3.05) is 24.6 Å². The van der Waals surface area contributed by atoms with E-state index in [2.05, 4.69) is 12.2 Å². The largest absolute Gasteiger partial charge is 0.345 e. The van der Waals surface area contributed by atoms with E-state index >= 15 is 0 Å². The lowest BCUT2D eigenvalue weighted by atomic mass is 10.1. The first-order valence-corrected chi connectivity index (χ1v) is 6.51. The van der Waals surface area contributed by atoms with Gasteiger partial charge >= 0.3 is 0 Å². The lowest BCUT2D eigenvalue weighted by Gasteiger charge is -2.34. The van der Waals surface area contributed by atoms with E-state index in [9.17, 15) is 9.59 Å². The van der Waals surface area contributed by atoms with Crippen LogP contribution in [0, 0.1) is 0 Å². The smallest absolute Gasteiger partial charge is 0.243 e. The van der Waals surface area contributed by atoms with Crippen LogP contribution >= 0.6 is 11.8 Å². The van der Waals surface area contributed by atoms with Crippen molar-refractivity contribution >= 4 is 23.6 Å². The Morgan fingerprint density at radius 3 is 2.80 bits per heavy atom. The molecular weight excluding hydrogens is 212 g/mol.